The maximum Gasteiger partial charge on any atom is 0.146 e. The van der Waals surface area contributed by atoms with Gasteiger partial charge in [0.05, 0.1) is 22.4 Å². The second-order valence-corrected chi connectivity index (χ2v) is 7.49. The van der Waals surface area contributed by atoms with Gasteiger partial charge in [0.1, 0.15) is 16.4 Å². The number of fused-ring (bicyclic) bond motifs is 1. The highest BCUT2D eigenvalue weighted by atomic mass is 79.9. The zero-order valence-electron chi connectivity index (χ0n) is 13.6. The van der Waals surface area contributed by atoms with Crippen LogP contribution in [0.2, 0.25) is 0 Å². The van der Waals surface area contributed by atoms with Crippen LogP contribution in [0, 0.1) is 0 Å². The summed E-state index contributed by atoms with van der Waals surface area (Å²) < 4.78 is 7.75. The van der Waals surface area contributed by atoms with Gasteiger partial charge in [-0.25, -0.2) is 4.98 Å². The molecule has 2 heterocycles. The predicted octanol–water partition coefficient (Wildman–Crippen LogP) is 4.89. The summed E-state index contributed by atoms with van der Waals surface area (Å²) in [5.41, 5.74) is 0.352. The summed E-state index contributed by atoms with van der Waals surface area (Å²) in [6.45, 7) is 4.51. The largest absolute Gasteiger partial charge is 0.493 e. The van der Waals surface area contributed by atoms with Gasteiger partial charge in [-0.2, -0.15) is 0 Å². The van der Waals surface area contributed by atoms with Crippen molar-refractivity contribution in [1.82, 2.24) is 9.97 Å². The second kappa shape index (κ2) is 7.17. The van der Waals surface area contributed by atoms with Gasteiger partial charge in [0.25, 0.3) is 0 Å². The number of aromatic nitrogens is 2. The van der Waals surface area contributed by atoms with E-state index in [1.165, 1.54) is 11.3 Å². The third-order valence-electron chi connectivity index (χ3n) is 3.84. The second-order valence-electron chi connectivity index (χ2n) is 5.55. The number of benzene rings is 1. The van der Waals surface area contributed by atoms with E-state index in [2.05, 4.69) is 25.9 Å². The van der Waals surface area contributed by atoms with Crippen molar-refractivity contribution in [1.29, 1.82) is 0 Å². The van der Waals surface area contributed by atoms with Crippen LogP contribution in [0.3, 0.4) is 0 Å². The SMILES string of the molecule is CCCC(O)(c1nc2ccc(Br)cc2s1)c1cnccc1OCC. The lowest BCUT2D eigenvalue weighted by Gasteiger charge is -2.27. The van der Waals surface area contributed by atoms with Crippen LogP contribution >= 0.6 is 27.3 Å². The molecular weight excluding hydrogens is 388 g/mol. The summed E-state index contributed by atoms with van der Waals surface area (Å²) in [6, 6.07) is 7.73. The Kier molecular flexibility index (Phi) is 5.18. The third-order valence-corrected chi connectivity index (χ3v) is 5.51. The van der Waals surface area contributed by atoms with Gasteiger partial charge in [-0.15, -0.1) is 11.3 Å². The summed E-state index contributed by atoms with van der Waals surface area (Å²) in [6.07, 6.45) is 4.73. The molecule has 0 aliphatic heterocycles. The molecular formula is C18H19BrN2O2S. The lowest BCUT2D eigenvalue weighted by Crippen LogP contribution is -2.28. The van der Waals surface area contributed by atoms with Crippen molar-refractivity contribution in [2.24, 2.45) is 0 Å². The Bertz CT molecular complexity index is 852. The molecule has 24 heavy (non-hydrogen) atoms. The standard InChI is InChI=1S/C18H19BrN2O2S/c1-3-8-18(22,13-11-20-9-7-15(13)23-4-2)17-21-14-6-5-12(19)10-16(14)24-17/h5-7,9-11,22H,3-4,8H2,1-2H3. The number of ether oxygens (including phenoxy) is 1. The molecule has 0 saturated carbocycles. The van der Waals surface area contributed by atoms with Crippen molar-refractivity contribution in [3.63, 3.8) is 0 Å². The lowest BCUT2D eigenvalue weighted by atomic mass is 9.90. The fourth-order valence-electron chi connectivity index (χ4n) is 2.77. The van der Waals surface area contributed by atoms with Crippen molar-refractivity contribution in [2.45, 2.75) is 32.3 Å². The molecule has 0 saturated heterocycles. The Hall–Kier alpha value is -1.50. The van der Waals surface area contributed by atoms with E-state index in [-0.39, 0.29) is 0 Å². The highest BCUT2D eigenvalue weighted by molar-refractivity contribution is 9.10. The molecule has 0 bridgehead atoms. The molecule has 0 aliphatic rings. The smallest absolute Gasteiger partial charge is 0.146 e. The molecule has 4 nitrogen and oxygen atoms in total. The van der Waals surface area contributed by atoms with E-state index in [0.717, 1.165) is 21.1 Å². The van der Waals surface area contributed by atoms with Crippen molar-refractivity contribution < 1.29 is 9.84 Å². The van der Waals surface area contributed by atoms with Crippen LogP contribution in [0.1, 0.15) is 37.3 Å². The van der Waals surface area contributed by atoms with Crippen LogP contribution in [-0.2, 0) is 5.60 Å². The average Bonchev–Trinajstić information content (AvgIpc) is 2.99. The monoisotopic (exact) mass is 406 g/mol. The van der Waals surface area contributed by atoms with Crippen LogP contribution in [0.5, 0.6) is 5.75 Å². The van der Waals surface area contributed by atoms with Gasteiger partial charge in [0.2, 0.25) is 0 Å². The Labute approximate surface area is 153 Å². The number of pyridine rings is 1. The molecule has 1 unspecified atom stereocenters. The molecule has 0 spiro atoms. The number of aliphatic hydroxyl groups is 1. The minimum absolute atomic E-state index is 0.534. The van der Waals surface area contributed by atoms with Crippen molar-refractivity contribution in [3.8, 4) is 5.75 Å². The number of nitrogens with zero attached hydrogens (tertiary/aromatic N) is 2. The quantitative estimate of drug-likeness (QED) is 0.632. The molecule has 0 aliphatic carbocycles. The highest BCUT2D eigenvalue weighted by Gasteiger charge is 2.37. The fourth-order valence-corrected chi connectivity index (χ4v) is 4.42. The Morgan fingerprint density at radius 1 is 1.29 bits per heavy atom. The van der Waals surface area contributed by atoms with Gasteiger partial charge in [-0.3, -0.25) is 4.98 Å². The Morgan fingerprint density at radius 3 is 2.88 bits per heavy atom. The first-order valence-electron chi connectivity index (χ1n) is 7.94. The van der Waals surface area contributed by atoms with E-state index in [1.807, 2.05) is 32.0 Å². The summed E-state index contributed by atoms with van der Waals surface area (Å²) in [7, 11) is 0. The van der Waals surface area contributed by atoms with Crippen LogP contribution in [0.4, 0.5) is 0 Å². The summed E-state index contributed by atoms with van der Waals surface area (Å²) in [5, 5.41) is 12.2. The molecule has 0 fully saturated rings. The molecule has 3 aromatic rings. The fraction of sp³-hybridized carbons (Fsp3) is 0.333. The number of hydrogen-bond acceptors (Lipinski definition) is 5. The summed E-state index contributed by atoms with van der Waals surface area (Å²) in [5.74, 6) is 0.656. The average molecular weight is 407 g/mol. The first-order chi connectivity index (χ1) is 11.6. The lowest BCUT2D eigenvalue weighted by molar-refractivity contribution is 0.0663. The van der Waals surface area contributed by atoms with Crippen LogP contribution in [-0.4, -0.2) is 21.7 Å². The van der Waals surface area contributed by atoms with Crippen LogP contribution in [0.25, 0.3) is 10.2 Å². The zero-order valence-corrected chi connectivity index (χ0v) is 16.0. The van der Waals surface area contributed by atoms with E-state index in [1.54, 1.807) is 18.5 Å². The number of rotatable bonds is 6. The number of halogens is 1. The highest BCUT2D eigenvalue weighted by Crippen LogP contribution is 2.42. The summed E-state index contributed by atoms with van der Waals surface area (Å²) in [4.78, 5) is 8.89. The van der Waals surface area contributed by atoms with Crippen molar-refractivity contribution in [3.05, 3.63) is 51.7 Å². The zero-order chi connectivity index (χ0) is 17.2. The molecule has 1 atom stereocenters. The van der Waals surface area contributed by atoms with Gasteiger partial charge in [0, 0.05) is 16.9 Å². The van der Waals surface area contributed by atoms with E-state index < -0.39 is 5.60 Å². The van der Waals surface area contributed by atoms with Gasteiger partial charge in [-0.05, 0) is 37.6 Å². The molecule has 2 aromatic heterocycles. The first-order valence-corrected chi connectivity index (χ1v) is 9.55. The van der Waals surface area contributed by atoms with Crippen molar-refractivity contribution >= 4 is 37.5 Å². The molecule has 6 heteroatoms. The Morgan fingerprint density at radius 2 is 2.12 bits per heavy atom. The van der Waals surface area contributed by atoms with Gasteiger partial charge < -0.3 is 9.84 Å². The topological polar surface area (TPSA) is 55.2 Å². The van der Waals surface area contributed by atoms with Gasteiger partial charge in [0.15, 0.2) is 0 Å². The van der Waals surface area contributed by atoms with Crippen LogP contribution < -0.4 is 4.74 Å². The van der Waals surface area contributed by atoms with Gasteiger partial charge >= 0.3 is 0 Å². The van der Waals surface area contributed by atoms with E-state index >= 15 is 0 Å². The first kappa shape index (κ1) is 17.3. The van der Waals surface area contributed by atoms with E-state index in [0.29, 0.717) is 29.3 Å². The maximum atomic E-state index is 11.5. The molecule has 1 aromatic carbocycles. The van der Waals surface area contributed by atoms with Gasteiger partial charge in [-0.1, -0.05) is 29.3 Å². The van der Waals surface area contributed by atoms with Crippen molar-refractivity contribution in [2.75, 3.05) is 6.61 Å². The minimum atomic E-state index is -1.20. The Balaban J connectivity index is 2.16. The molecule has 126 valence electrons. The molecule has 1 N–H and O–H groups in total. The number of hydrogen-bond donors (Lipinski definition) is 1. The molecule has 0 radical (unpaired) electrons. The van der Waals surface area contributed by atoms with E-state index in [9.17, 15) is 5.11 Å². The predicted molar refractivity (Wildman–Crippen MR) is 101 cm³/mol. The van der Waals surface area contributed by atoms with E-state index in [4.69, 9.17) is 4.74 Å². The third kappa shape index (κ3) is 3.18. The molecule has 3 rings (SSSR count). The normalized spacial score (nSPS) is 13.8. The summed E-state index contributed by atoms with van der Waals surface area (Å²) >= 11 is 4.99. The number of thiazole rings is 1. The maximum absolute atomic E-state index is 11.5. The minimum Gasteiger partial charge on any atom is -0.493 e. The van der Waals surface area contributed by atoms with Crippen LogP contribution in [0.15, 0.2) is 41.1 Å². The molecule has 0 amide bonds.